The van der Waals surface area contributed by atoms with Gasteiger partial charge in [-0.2, -0.15) is 9.40 Å². The lowest BCUT2D eigenvalue weighted by atomic mass is 10.3. The van der Waals surface area contributed by atoms with Gasteiger partial charge in [-0.3, -0.25) is 4.79 Å². The summed E-state index contributed by atoms with van der Waals surface area (Å²) in [6, 6.07) is 4.74. The number of aryl methyl sites for hydroxylation is 1. The number of hydrogen-bond donors (Lipinski definition) is 0. The molecule has 2 heterocycles. The molecule has 1 aromatic carbocycles. The van der Waals surface area contributed by atoms with Crippen LogP contribution < -0.4 is 10.5 Å². The number of halogens is 2. The number of hydrogen-bond acceptors (Lipinski definition) is 5. The number of benzene rings is 1. The Bertz CT molecular complexity index is 938. The van der Waals surface area contributed by atoms with Crippen LogP contribution in [0.1, 0.15) is 0 Å². The highest BCUT2D eigenvalue weighted by atomic mass is 35.5. The topological polar surface area (TPSA) is 75.5 Å². The smallest absolute Gasteiger partial charge is 0.287 e. The molecule has 25 heavy (non-hydrogen) atoms. The number of anilines is 1. The Morgan fingerprint density at radius 1 is 1.12 bits per heavy atom. The van der Waals surface area contributed by atoms with E-state index in [9.17, 15) is 17.6 Å². The Kier molecular flexibility index (Phi) is 4.81. The number of piperazine rings is 1. The van der Waals surface area contributed by atoms with E-state index in [-0.39, 0.29) is 23.0 Å². The zero-order valence-electron chi connectivity index (χ0n) is 13.4. The molecule has 1 fully saturated rings. The van der Waals surface area contributed by atoms with Crippen molar-refractivity contribution in [2.45, 2.75) is 4.90 Å². The SMILES string of the molecule is Cn1ncc(N2CCN(S(=O)(=O)c3ccc(F)cc3)CC2)c(Cl)c1=O. The van der Waals surface area contributed by atoms with E-state index in [1.54, 1.807) is 0 Å². The number of aromatic nitrogens is 2. The van der Waals surface area contributed by atoms with Gasteiger partial charge in [-0.05, 0) is 24.3 Å². The molecule has 0 saturated carbocycles. The van der Waals surface area contributed by atoms with E-state index in [0.29, 0.717) is 18.8 Å². The Morgan fingerprint density at radius 2 is 1.72 bits per heavy atom. The van der Waals surface area contributed by atoms with Crippen molar-refractivity contribution >= 4 is 27.3 Å². The lowest BCUT2D eigenvalue weighted by Crippen LogP contribution is -2.49. The molecule has 10 heteroatoms. The second-order valence-electron chi connectivity index (χ2n) is 5.62. The Labute approximate surface area is 149 Å². The van der Waals surface area contributed by atoms with Gasteiger partial charge < -0.3 is 4.90 Å². The molecule has 0 amide bonds. The van der Waals surface area contributed by atoms with Gasteiger partial charge in [0.1, 0.15) is 10.8 Å². The largest absolute Gasteiger partial charge is 0.366 e. The highest BCUT2D eigenvalue weighted by Crippen LogP contribution is 2.24. The van der Waals surface area contributed by atoms with Crippen LogP contribution in [0.25, 0.3) is 0 Å². The Hall–Kier alpha value is -1.97. The van der Waals surface area contributed by atoms with Crippen LogP contribution in [0, 0.1) is 5.82 Å². The molecular formula is C15H16ClFN4O3S. The average Bonchev–Trinajstić information content (AvgIpc) is 2.60. The maximum absolute atomic E-state index is 13.0. The molecule has 134 valence electrons. The van der Waals surface area contributed by atoms with E-state index in [0.717, 1.165) is 16.8 Å². The van der Waals surface area contributed by atoms with Gasteiger partial charge in [-0.1, -0.05) is 11.6 Å². The number of sulfonamides is 1. The predicted octanol–water partition coefficient (Wildman–Crippen LogP) is 1.08. The van der Waals surface area contributed by atoms with E-state index < -0.39 is 21.4 Å². The molecule has 1 aliphatic rings. The summed E-state index contributed by atoms with van der Waals surface area (Å²) in [5.74, 6) is -0.489. The zero-order valence-corrected chi connectivity index (χ0v) is 15.0. The summed E-state index contributed by atoms with van der Waals surface area (Å²) in [4.78, 5) is 13.8. The second kappa shape index (κ2) is 6.74. The van der Waals surface area contributed by atoms with Gasteiger partial charge in [0.25, 0.3) is 5.56 Å². The summed E-state index contributed by atoms with van der Waals surface area (Å²) >= 11 is 6.09. The molecule has 0 aliphatic carbocycles. The normalized spacial score (nSPS) is 16.2. The third-order valence-corrected chi connectivity index (χ3v) is 6.36. The molecule has 0 unspecified atom stereocenters. The molecule has 0 bridgehead atoms. The first kappa shape index (κ1) is 17.8. The van der Waals surface area contributed by atoms with Crippen molar-refractivity contribution in [3.8, 4) is 0 Å². The summed E-state index contributed by atoms with van der Waals surface area (Å²) in [7, 11) is -2.18. The van der Waals surface area contributed by atoms with E-state index in [4.69, 9.17) is 11.6 Å². The van der Waals surface area contributed by atoms with Gasteiger partial charge in [-0.15, -0.1) is 0 Å². The van der Waals surface area contributed by atoms with Crippen molar-refractivity contribution in [1.29, 1.82) is 0 Å². The molecular weight excluding hydrogens is 371 g/mol. The molecule has 7 nitrogen and oxygen atoms in total. The van der Waals surface area contributed by atoms with Crippen molar-refractivity contribution in [3.63, 3.8) is 0 Å². The van der Waals surface area contributed by atoms with Crippen molar-refractivity contribution in [2.75, 3.05) is 31.1 Å². The maximum atomic E-state index is 13.0. The summed E-state index contributed by atoms with van der Waals surface area (Å²) in [6.45, 7) is 1.19. The van der Waals surface area contributed by atoms with Crippen LogP contribution in [0.15, 0.2) is 40.2 Å². The molecule has 0 N–H and O–H groups in total. The van der Waals surface area contributed by atoms with Crippen LogP contribution in [-0.4, -0.2) is 48.7 Å². The maximum Gasteiger partial charge on any atom is 0.287 e. The van der Waals surface area contributed by atoms with Crippen LogP contribution in [-0.2, 0) is 17.1 Å². The second-order valence-corrected chi connectivity index (χ2v) is 7.93. The monoisotopic (exact) mass is 386 g/mol. The molecule has 2 aromatic rings. The first-order valence-electron chi connectivity index (χ1n) is 7.53. The summed E-state index contributed by atoms with van der Waals surface area (Å²) < 4.78 is 40.7. The highest BCUT2D eigenvalue weighted by molar-refractivity contribution is 7.89. The van der Waals surface area contributed by atoms with Crippen LogP contribution in [0.2, 0.25) is 5.02 Å². The van der Waals surface area contributed by atoms with Crippen molar-refractivity contribution in [3.05, 3.63) is 51.7 Å². The van der Waals surface area contributed by atoms with Crippen LogP contribution in [0.3, 0.4) is 0 Å². The lowest BCUT2D eigenvalue weighted by molar-refractivity contribution is 0.384. The van der Waals surface area contributed by atoms with E-state index >= 15 is 0 Å². The predicted molar refractivity (Wildman–Crippen MR) is 91.9 cm³/mol. The van der Waals surface area contributed by atoms with Gasteiger partial charge >= 0.3 is 0 Å². The van der Waals surface area contributed by atoms with Gasteiger partial charge in [0.05, 0.1) is 16.8 Å². The van der Waals surface area contributed by atoms with Crippen LogP contribution in [0.5, 0.6) is 0 Å². The Morgan fingerprint density at radius 3 is 2.32 bits per heavy atom. The van der Waals surface area contributed by atoms with E-state index in [1.807, 2.05) is 4.90 Å². The summed E-state index contributed by atoms with van der Waals surface area (Å²) in [6.07, 6.45) is 1.49. The lowest BCUT2D eigenvalue weighted by Gasteiger charge is -2.35. The Balaban J connectivity index is 1.77. The quantitative estimate of drug-likeness (QED) is 0.789. The van der Waals surface area contributed by atoms with Gasteiger partial charge in [-0.25, -0.2) is 17.5 Å². The third kappa shape index (κ3) is 3.39. The summed E-state index contributed by atoms with van der Waals surface area (Å²) in [5.41, 5.74) is 0.0872. The standard InChI is InChI=1S/C15H16ClFN4O3S/c1-19-15(22)14(16)13(10-18-19)20-6-8-21(9-7-20)25(23,24)12-4-2-11(17)3-5-12/h2-5,10H,6-9H2,1H3. The van der Waals surface area contributed by atoms with Crippen molar-refractivity contribution in [2.24, 2.45) is 7.05 Å². The minimum absolute atomic E-state index is 0.0515. The molecule has 0 spiro atoms. The number of rotatable bonds is 3. The summed E-state index contributed by atoms with van der Waals surface area (Å²) in [5, 5.41) is 4.01. The first-order chi connectivity index (χ1) is 11.8. The average molecular weight is 387 g/mol. The van der Waals surface area contributed by atoms with Gasteiger partial charge in [0, 0.05) is 33.2 Å². The molecule has 1 saturated heterocycles. The van der Waals surface area contributed by atoms with Crippen molar-refractivity contribution < 1.29 is 12.8 Å². The van der Waals surface area contributed by atoms with Crippen LogP contribution in [0.4, 0.5) is 10.1 Å². The fourth-order valence-corrected chi connectivity index (χ4v) is 4.36. The molecule has 1 aliphatic heterocycles. The van der Waals surface area contributed by atoms with Gasteiger partial charge in [0.2, 0.25) is 10.0 Å². The molecule has 0 atom stereocenters. The van der Waals surface area contributed by atoms with Crippen LogP contribution >= 0.6 is 11.6 Å². The van der Waals surface area contributed by atoms with Gasteiger partial charge in [0.15, 0.2) is 0 Å². The fraction of sp³-hybridized carbons (Fsp3) is 0.333. The highest BCUT2D eigenvalue weighted by Gasteiger charge is 2.29. The first-order valence-corrected chi connectivity index (χ1v) is 9.35. The minimum atomic E-state index is -3.68. The molecule has 0 radical (unpaired) electrons. The molecule has 3 rings (SSSR count). The van der Waals surface area contributed by atoms with E-state index in [2.05, 4.69) is 5.10 Å². The van der Waals surface area contributed by atoms with Crippen molar-refractivity contribution in [1.82, 2.24) is 14.1 Å². The number of nitrogens with zero attached hydrogens (tertiary/aromatic N) is 4. The third-order valence-electron chi connectivity index (χ3n) is 4.09. The van der Waals surface area contributed by atoms with E-state index in [1.165, 1.54) is 29.7 Å². The fourth-order valence-electron chi connectivity index (χ4n) is 2.65. The molecule has 1 aromatic heterocycles. The minimum Gasteiger partial charge on any atom is -0.366 e. The zero-order chi connectivity index (χ0) is 18.2.